The maximum atomic E-state index is 13.0. The van der Waals surface area contributed by atoms with E-state index in [9.17, 15) is 9.18 Å². The molecule has 5 heteroatoms. The first-order valence-electron chi connectivity index (χ1n) is 5.20. The van der Waals surface area contributed by atoms with Gasteiger partial charge in [-0.25, -0.2) is 14.2 Å². The number of ether oxygens (including phenoxy) is 1. The van der Waals surface area contributed by atoms with Crippen LogP contribution in [0.3, 0.4) is 0 Å². The number of aryl methyl sites for hydroxylation is 1. The SMILES string of the molecule is Cc1cc(C(=O)O)cc(Oc2cccc(F)c2)n1. The normalized spacial score (nSPS) is 10.1. The van der Waals surface area contributed by atoms with Crippen LogP contribution in [0.15, 0.2) is 36.4 Å². The summed E-state index contributed by atoms with van der Waals surface area (Å²) < 4.78 is 18.3. The topological polar surface area (TPSA) is 59.4 Å². The quantitative estimate of drug-likeness (QED) is 0.905. The van der Waals surface area contributed by atoms with Crippen LogP contribution >= 0.6 is 0 Å². The fourth-order valence-corrected chi connectivity index (χ4v) is 1.47. The van der Waals surface area contributed by atoms with Crippen molar-refractivity contribution in [3.8, 4) is 11.6 Å². The maximum Gasteiger partial charge on any atom is 0.335 e. The molecule has 0 atom stereocenters. The van der Waals surface area contributed by atoms with Gasteiger partial charge in [0.1, 0.15) is 11.6 Å². The van der Waals surface area contributed by atoms with Crippen molar-refractivity contribution < 1.29 is 19.0 Å². The van der Waals surface area contributed by atoms with Crippen LogP contribution in [0, 0.1) is 12.7 Å². The van der Waals surface area contributed by atoms with E-state index in [2.05, 4.69) is 4.98 Å². The van der Waals surface area contributed by atoms with Crippen LogP contribution in [0.5, 0.6) is 11.6 Å². The molecule has 1 heterocycles. The summed E-state index contributed by atoms with van der Waals surface area (Å²) in [6, 6.07) is 8.27. The fraction of sp³-hybridized carbons (Fsp3) is 0.0769. The van der Waals surface area contributed by atoms with Gasteiger partial charge in [0.15, 0.2) is 0 Å². The number of pyridine rings is 1. The Morgan fingerprint density at radius 2 is 2.11 bits per heavy atom. The van der Waals surface area contributed by atoms with E-state index in [1.807, 2.05) is 0 Å². The summed E-state index contributed by atoms with van der Waals surface area (Å²) in [5.74, 6) is -1.11. The van der Waals surface area contributed by atoms with Crippen LogP contribution in [-0.2, 0) is 0 Å². The largest absolute Gasteiger partial charge is 0.478 e. The highest BCUT2D eigenvalue weighted by Gasteiger charge is 2.08. The molecule has 1 aromatic heterocycles. The molecule has 92 valence electrons. The molecule has 2 aromatic rings. The van der Waals surface area contributed by atoms with Crippen molar-refractivity contribution in [1.82, 2.24) is 4.98 Å². The molecule has 0 aliphatic rings. The second kappa shape index (κ2) is 4.83. The summed E-state index contributed by atoms with van der Waals surface area (Å²) in [4.78, 5) is 14.9. The van der Waals surface area contributed by atoms with Gasteiger partial charge in [0, 0.05) is 17.8 Å². The number of hydrogen-bond acceptors (Lipinski definition) is 3. The minimum atomic E-state index is -1.07. The minimum Gasteiger partial charge on any atom is -0.478 e. The molecule has 0 aliphatic heterocycles. The van der Waals surface area contributed by atoms with Gasteiger partial charge in [0.2, 0.25) is 5.88 Å². The summed E-state index contributed by atoms with van der Waals surface area (Å²) in [5.41, 5.74) is 0.593. The molecule has 0 spiro atoms. The number of carbonyl (C=O) groups is 1. The molecule has 0 amide bonds. The number of carboxylic acids is 1. The molecule has 1 N–H and O–H groups in total. The number of hydrogen-bond donors (Lipinski definition) is 1. The lowest BCUT2D eigenvalue weighted by Crippen LogP contribution is -2.00. The van der Waals surface area contributed by atoms with Gasteiger partial charge in [0.05, 0.1) is 5.56 Å². The van der Waals surface area contributed by atoms with E-state index >= 15 is 0 Å². The summed E-state index contributed by atoms with van der Waals surface area (Å²) >= 11 is 0. The molecule has 0 saturated heterocycles. The average molecular weight is 247 g/mol. The lowest BCUT2D eigenvalue weighted by molar-refractivity contribution is 0.0696. The number of aromatic carboxylic acids is 1. The second-order valence-electron chi connectivity index (χ2n) is 3.70. The predicted molar refractivity (Wildman–Crippen MR) is 62.4 cm³/mol. The standard InChI is InChI=1S/C13H10FNO3/c1-8-5-9(13(16)17)6-12(15-8)18-11-4-2-3-10(14)7-11/h2-7H,1H3,(H,16,17). The smallest absolute Gasteiger partial charge is 0.335 e. The summed E-state index contributed by atoms with van der Waals surface area (Å²) in [5, 5.41) is 8.90. The molecule has 0 radical (unpaired) electrons. The minimum absolute atomic E-state index is 0.0777. The number of benzene rings is 1. The third kappa shape index (κ3) is 2.82. The first-order valence-corrected chi connectivity index (χ1v) is 5.20. The Bertz CT molecular complexity index is 599. The van der Waals surface area contributed by atoms with E-state index in [0.717, 1.165) is 0 Å². The third-order valence-corrected chi connectivity index (χ3v) is 2.20. The van der Waals surface area contributed by atoms with Gasteiger partial charge in [0.25, 0.3) is 0 Å². The molecule has 1 aromatic carbocycles. The van der Waals surface area contributed by atoms with Crippen LogP contribution in [0.25, 0.3) is 0 Å². The highest BCUT2D eigenvalue weighted by molar-refractivity contribution is 5.88. The van der Waals surface area contributed by atoms with E-state index in [1.165, 1.54) is 30.3 Å². The van der Waals surface area contributed by atoms with Crippen LogP contribution in [0.2, 0.25) is 0 Å². The van der Waals surface area contributed by atoms with E-state index in [4.69, 9.17) is 9.84 Å². The fourth-order valence-electron chi connectivity index (χ4n) is 1.47. The summed E-state index contributed by atoms with van der Waals surface area (Å²) in [6.45, 7) is 1.66. The molecule has 0 aliphatic carbocycles. The zero-order valence-electron chi connectivity index (χ0n) is 9.55. The number of carboxylic acid groups (broad SMARTS) is 1. The Morgan fingerprint density at radius 3 is 2.78 bits per heavy atom. The van der Waals surface area contributed by atoms with Crippen molar-refractivity contribution in [3.63, 3.8) is 0 Å². The van der Waals surface area contributed by atoms with Gasteiger partial charge in [-0.3, -0.25) is 0 Å². The lowest BCUT2D eigenvalue weighted by atomic mass is 10.2. The molecular formula is C13H10FNO3. The third-order valence-electron chi connectivity index (χ3n) is 2.20. The second-order valence-corrected chi connectivity index (χ2v) is 3.70. The number of rotatable bonds is 3. The van der Waals surface area contributed by atoms with Crippen LogP contribution in [-0.4, -0.2) is 16.1 Å². The maximum absolute atomic E-state index is 13.0. The number of aromatic nitrogens is 1. The van der Waals surface area contributed by atoms with E-state index in [1.54, 1.807) is 13.0 Å². The summed E-state index contributed by atoms with van der Waals surface area (Å²) in [6.07, 6.45) is 0. The van der Waals surface area contributed by atoms with Crippen LogP contribution in [0.1, 0.15) is 16.1 Å². The van der Waals surface area contributed by atoms with Crippen molar-refractivity contribution in [3.05, 3.63) is 53.5 Å². The Balaban J connectivity index is 2.31. The molecular weight excluding hydrogens is 237 g/mol. The number of nitrogens with zero attached hydrogens (tertiary/aromatic N) is 1. The van der Waals surface area contributed by atoms with Gasteiger partial charge in [-0.05, 0) is 25.1 Å². The lowest BCUT2D eigenvalue weighted by Gasteiger charge is -2.06. The number of halogens is 1. The summed E-state index contributed by atoms with van der Waals surface area (Å²) in [7, 11) is 0. The van der Waals surface area contributed by atoms with Crippen molar-refractivity contribution in [2.75, 3.05) is 0 Å². The molecule has 0 saturated carbocycles. The van der Waals surface area contributed by atoms with Crippen molar-refractivity contribution in [2.45, 2.75) is 6.92 Å². The molecule has 0 unspecified atom stereocenters. The zero-order valence-corrected chi connectivity index (χ0v) is 9.55. The first kappa shape index (κ1) is 12.0. The van der Waals surface area contributed by atoms with Crippen molar-refractivity contribution >= 4 is 5.97 Å². The van der Waals surface area contributed by atoms with Crippen LogP contribution < -0.4 is 4.74 Å². The molecule has 0 fully saturated rings. The van der Waals surface area contributed by atoms with Crippen molar-refractivity contribution in [1.29, 1.82) is 0 Å². The highest BCUT2D eigenvalue weighted by atomic mass is 19.1. The van der Waals surface area contributed by atoms with Gasteiger partial charge in [-0.15, -0.1) is 0 Å². The Kier molecular flexibility index (Phi) is 3.23. The zero-order chi connectivity index (χ0) is 13.1. The first-order chi connectivity index (χ1) is 8.54. The molecule has 2 rings (SSSR count). The van der Waals surface area contributed by atoms with E-state index in [0.29, 0.717) is 5.69 Å². The monoisotopic (exact) mass is 247 g/mol. The van der Waals surface area contributed by atoms with Crippen molar-refractivity contribution in [2.24, 2.45) is 0 Å². The van der Waals surface area contributed by atoms with E-state index < -0.39 is 11.8 Å². The van der Waals surface area contributed by atoms with Gasteiger partial charge < -0.3 is 9.84 Å². The van der Waals surface area contributed by atoms with E-state index in [-0.39, 0.29) is 17.2 Å². The molecule has 0 bridgehead atoms. The molecule has 18 heavy (non-hydrogen) atoms. The predicted octanol–water partition coefficient (Wildman–Crippen LogP) is 3.02. The van der Waals surface area contributed by atoms with Gasteiger partial charge in [-0.2, -0.15) is 0 Å². The Morgan fingerprint density at radius 1 is 1.33 bits per heavy atom. The highest BCUT2D eigenvalue weighted by Crippen LogP contribution is 2.21. The Hall–Kier alpha value is -2.43. The molecule has 4 nitrogen and oxygen atoms in total. The van der Waals surface area contributed by atoms with Gasteiger partial charge in [-0.1, -0.05) is 6.07 Å². The average Bonchev–Trinajstić information content (AvgIpc) is 2.28. The van der Waals surface area contributed by atoms with Crippen LogP contribution in [0.4, 0.5) is 4.39 Å². The van der Waals surface area contributed by atoms with Gasteiger partial charge >= 0.3 is 5.97 Å². The Labute approximate surface area is 103 Å².